The molecule has 1 aromatic carbocycles. The first-order chi connectivity index (χ1) is 9.99. The number of primary amides is 1. The average molecular weight is 303 g/mol. The van der Waals surface area contributed by atoms with Crippen LogP contribution in [0.3, 0.4) is 0 Å². The molecule has 0 fully saturated rings. The molecule has 6 heteroatoms. The fourth-order valence-electron chi connectivity index (χ4n) is 1.95. The molecule has 0 aliphatic heterocycles. The predicted molar refractivity (Wildman–Crippen MR) is 86.0 cm³/mol. The standard InChI is InChI=1S/C15H17N3O2S/c1-3-12-9(2)8-13(21-12)14(19)17-10-4-6-11(7-5-10)18-15(16)20/h4-8H,3H2,1-2H3,(H,17,19)(H3,16,18,20). The quantitative estimate of drug-likeness (QED) is 0.809. The summed E-state index contributed by atoms with van der Waals surface area (Å²) >= 11 is 1.51. The molecule has 0 aliphatic carbocycles. The van der Waals surface area contributed by atoms with Gasteiger partial charge in [0.2, 0.25) is 0 Å². The maximum atomic E-state index is 12.2. The highest BCUT2D eigenvalue weighted by Crippen LogP contribution is 2.23. The third-order valence-corrected chi connectivity index (χ3v) is 4.36. The topological polar surface area (TPSA) is 84.2 Å². The molecule has 0 aliphatic rings. The summed E-state index contributed by atoms with van der Waals surface area (Å²) in [5, 5.41) is 5.29. The number of urea groups is 1. The molecule has 0 bridgehead atoms. The second-order valence-corrected chi connectivity index (χ2v) is 5.73. The Balaban J connectivity index is 2.06. The fourth-order valence-corrected chi connectivity index (χ4v) is 2.96. The summed E-state index contributed by atoms with van der Waals surface area (Å²) in [7, 11) is 0. The number of benzene rings is 1. The molecule has 21 heavy (non-hydrogen) atoms. The number of nitrogens with one attached hydrogen (secondary N) is 2. The number of hydrogen-bond acceptors (Lipinski definition) is 3. The van der Waals surface area contributed by atoms with Gasteiger partial charge in [-0.1, -0.05) is 6.92 Å². The molecular formula is C15H17N3O2S. The summed E-state index contributed by atoms with van der Waals surface area (Å²) in [6.45, 7) is 4.08. The molecule has 3 amide bonds. The van der Waals surface area contributed by atoms with Gasteiger partial charge in [-0.25, -0.2) is 4.79 Å². The number of thiophene rings is 1. The summed E-state index contributed by atoms with van der Waals surface area (Å²) in [4.78, 5) is 24.8. The van der Waals surface area contributed by atoms with Crippen molar-refractivity contribution in [1.29, 1.82) is 0 Å². The van der Waals surface area contributed by atoms with Crippen molar-refractivity contribution in [2.45, 2.75) is 20.3 Å². The highest BCUT2D eigenvalue weighted by molar-refractivity contribution is 7.14. The smallest absolute Gasteiger partial charge is 0.316 e. The Morgan fingerprint density at radius 1 is 1.14 bits per heavy atom. The molecule has 2 aromatic rings. The van der Waals surface area contributed by atoms with E-state index in [4.69, 9.17) is 5.73 Å². The van der Waals surface area contributed by atoms with Gasteiger partial charge in [0.05, 0.1) is 4.88 Å². The number of anilines is 2. The van der Waals surface area contributed by atoms with E-state index >= 15 is 0 Å². The lowest BCUT2D eigenvalue weighted by Gasteiger charge is -2.05. The van der Waals surface area contributed by atoms with E-state index < -0.39 is 6.03 Å². The minimum Gasteiger partial charge on any atom is -0.351 e. The zero-order valence-electron chi connectivity index (χ0n) is 11.9. The Kier molecular flexibility index (Phi) is 4.59. The highest BCUT2D eigenvalue weighted by atomic mass is 32.1. The molecule has 2 rings (SSSR count). The Hall–Kier alpha value is -2.34. The zero-order valence-corrected chi connectivity index (χ0v) is 12.7. The van der Waals surface area contributed by atoms with Gasteiger partial charge in [-0.2, -0.15) is 0 Å². The molecule has 5 nitrogen and oxygen atoms in total. The van der Waals surface area contributed by atoms with E-state index in [1.54, 1.807) is 24.3 Å². The van der Waals surface area contributed by atoms with Crippen molar-refractivity contribution >= 4 is 34.6 Å². The van der Waals surface area contributed by atoms with Crippen LogP contribution in [0.5, 0.6) is 0 Å². The van der Waals surface area contributed by atoms with Gasteiger partial charge >= 0.3 is 6.03 Å². The summed E-state index contributed by atoms with van der Waals surface area (Å²) in [5.41, 5.74) is 7.43. The number of amides is 3. The summed E-state index contributed by atoms with van der Waals surface area (Å²) in [6.07, 6.45) is 0.928. The summed E-state index contributed by atoms with van der Waals surface area (Å²) < 4.78 is 0. The van der Waals surface area contributed by atoms with Crippen molar-refractivity contribution in [3.05, 3.63) is 45.6 Å². The Labute approximate surface area is 127 Å². The molecule has 1 aromatic heterocycles. The first kappa shape index (κ1) is 15.1. The monoisotopic (exact) mass is 303 g/mol. The van der Waals surface area contributed by atoms with Gasteiger partial charge in [0.25, 0.3) is 5.91 Å². The number of hydrogen-bond donors (Lipinski definition) is 3. The van der Waals surface area contributed by atoms with E-state index in [-0.39, 0.29) is 5.91 Å². The number of carbonyl (C=O) groups excluding carboxylic acids is 2. The minimum absolute atomic E-state index is 0.126. The first-order valence-electron chi connectivity index (χ1n) is 6.56. The number of aryl methyl sites for hydroxylation is 2. The van der Waals surface area contributed by atoms with Crippen LogP contribution in [0.1, 0.15) is 27.0 Å². The van der Waals surface area contributed by atoms with Gasteiger partial charge in [0.15, 0.2) is 0 Å². The normalized spacial score (nSPS) is 10.2. The Bertz CT molecular complexity index is 662. The largest absolute Gasteiger partial charge is 0.351 e. The van der Waals surface area contributed by atoms with Crippen LogP contribution < -0.4 is 16.4 Å². The highest BCUT2D eigenvalue weighted by Gasteiger charge is 2.11. The van der Waals surface area contributed by atoms with Gasteiger partial charge < -0.3 is 16.4 Å². The van der Waals surface area contributed by atoms with Crippen LogP contribution in [0.4, 0.5) is 16.2 Å². The number of carbonyl (C=O) groups is 2. The lowest BCUT2D eigenvalue weighted by Crippen LogP contribution is -2.19. The molecule has 0 unspecified atom stereocenters. The zero-order chi connectivity index (χ0) is 15.4. The molecule has 4 N–H and O–H groups in total. The van der Waals surface area contributed by atoms with Crippen LogP contribution >= 0.6 is 11.3 Å². The van der Waals surface area contributed by atoms with Crippen LogP contribution in [0.2, 0.25) is 0 Å². The average Bonchev–Trinajstić information content (AvgIpc) is 2.82. The molecule has 0 atom stereocenters. The van der Waals surface area contributed by atoms with Crippen molar-refractivity contribution < 1.29 is 9.59 Å². The molecule has 0 radical (unpaired) electrons. The van der Waals surface area contributed by atoms with E-state index in [1.807, 2.05) is 13.0 Å². The third-order valence-electron chi connectivity index (χ3n) is 2.98. The second-order valence-electron chi connectivity index (χ2n) is 4.59. The number of rotatable bonds is 4. The van der Waals surface area contributed by atoms with E-state index in [1.165, 1.54) is 16.2 Å². The molecule has 0 spiro atoms. The Morgan fingerprint density at radius 3 is 2.19 bits per heavy atom. The number of nitrogens with two attached hydrogens (primary N) is 1. The minimum atomic E-state index is -0.618. The van der Waals surface area contributed by atoms with Crippen molar-refractivity contribution in [1.82, 2.24) is 0 Å². The van der Waals surface area contributed by atoms with E-state index in [0.29, 0.717) is 16.3 Å². The predicted octanol–water partition coefficient (Wildman–Crippen LogP) is 3.36. The molecule has 1 heterocycles. The van der Waals surface area contributed by atoms with Gasteiger partial charge in [0.1, 0.15) is 0 Å². The fraction of sp³-hybridized carbons (Fsp3) is 0.200. The van der Waals surface area contributed by atoms with Crippen molar-refractivity contribution in [2.75, 3.05) is 10.6 Å². The maximum absolute atomic E-state index is 12.2. The third kappa shape index (κ3) is 3.82. The van der Waals surface area contributed by atoms with E-state index in [9.17, 15) is 9.59 Å². The van der Waals surface area contributed by atoms with Crippen LogP contribution in [0, 0.1) is 6.92 Å². The maximum Gasteiger partial charge on any atom is 0.316 e. The van der Waals surface area contributed by atoms with Crippen LogP contribution in [-0.2, 0) is 6.42 Å². The molecule has 0 saturated carbocycles. The first-order valence-corrected chi connectivity index (χ1v) is 7.38. The lowest BCUT2D eigenvalue weighted by atomic mass is 10.2. The summed E-state index contributed by atoms with van der Waals surface area (Å²) in [6, 6.07) is 8.07. The van der Waals surface area contributed by atoms with E-state index in [2.05, 4.69) is 17.6 Å². The SMILES string of the molecule is CCc1sc(C(=O)Nc2ccc(NC(N)=O)cc2)cc1C. The van der Waals surface area contributed by atoms with Crippen molar-refractivity contribution in [3.8, 4) is 0 Å². The van der Waals surface area contributed by atoms with Gasteiger partial charge in [-0.3, -0.25) is 4.79 Å². The second kappa shape index (κ2) is 6.41. The summed E-state index contributed by atoms with van der Waals surface area (Å²) in [5.74, 6) is -0.126. The van der Waals surface area contributed by atoms with Crippen LogP contribution in [0.25, 0.3) is 0 Å². The molecular weight excluding hydrogens is 286 g/mol. The molecule has 0 saturated heterocycles. The molecule has 110 valence electrons. The van der Waals surface area contributed by atoms with Crippen molar-refractivity contribution in [3.63, 3.8) is 0 Å². The Morgan fingerprint density at radius 2 is 1.71 bits per heavy atom. The van der Waals surface area contributed by atoms with Gasteiger partial charge in [-0.15, -0.1) is 11.3 Å². The van der Waals surface area contributed by atoms with Crippen LogP contribution in [-0.4, -0.2) is 11.9 Å². The lowest BCUT2D eigenvalue weighted by molar-refractivity contribution is 0.103. The van der Waals surface area contributed by atoms with Crippen molar-refractivity contribution in [2.24, 2.45) is 5.73 Å². The van der Waals surface area contributed by atoms with Crippen LogP contribution in [0.15, 0.2) is 30.3 Å². The van der Waals surface area contributed by atoms with Gasteiger partial charge in [-0.05, 0) is 49.2 Å². The van der Waals surface area contributed by atoms with Gasteiger partial charge in [0, 0.05) is 16.3 Å². The van der Waals surface area contributed by atoms with E-state index in [0.717, 1.165) is 12.0 Å².